The Morgan fingerprint density at radius 3 is 2.88 bits per heavy atom. The van der Waals surface area contributed by atoms with Crippen LogP contribution in [0.5, 0.6) is 0 Å². The molecule has 0 bridgehead atoms. The van der Waals surface area contributed by atoms with Crippen LogP contribution in [-0.4, -0.2) is 32.7 Å². The zero-order valence-corrected chi connectivity index (χ0v) is 18.0. The number of nitrogens with zero attached hydrogens (tertiary/aromatic N) is 3. The van der Waals surface area contributed by atoms with Gasteiger partial charge in [0, 0.05) is 24.3 Å². The summed E-state index contributed by atoms with van der Waals surface area (Å²) < 4.78 is 35.6. The summed E-state index contributed by atoms with van der Waals surface area (Å²) in [7, 11) is 0. The molecule has 1 fully saturated rings. The molecule has 1 N–H and O–H groups in total. The van der Waals surface area contributed by atoms with Crippen molar-refractivity contribution in [3.63, 3.8) is 0 Å². The Balaban J connectivity index is 1.62. The summed E-state index contributed by atoms with van der Waals surface area (Å²) in [5.41, 5.74) is -1.20. The van der Waals surface area contributed by atoms with Crippen LogP contribution in [0.3, 0.4) is 0 Å². The number of carbonyl (C=O) groups is 1. The molecule has 0 spiro atoms. The molecule has 1 amide bonds. The van der Waals surface area contributed by atoms with E-state index in [4.69, 9.17) is 4.74 Å². The van der Waals surface area contributed by atoms with Gasteiger partial charge in [-0.1, -0.05) is 0 Å². The Hall–Kier alpha value is -3.44. The molecule has 1 saturated heterocycles. The normalized spacial score (nSPS) is 16.0. The molecule has 33 heavy (non-hydrogen) atoms. The van der Waals surface area contributed by atoms with E-state index < -0.39 is 35.3 Å². The average Bonchev–Trinajstić information content (AvgIpc) is 3.44. The molecule has 1 aromatic carbocycles. The first-order chi connectivity index (χ1) is 15.9. The maximum Gasteiger partial charge on any atom is 0.332 e. The summed E-state index contributed by atoms with van der Waals surface area (Å²) in [5.74, 6) is -2.27. The number of thiophene rings is 1. The molecule has 0 radical (unpaired) electrons. The third-order valence-corrected chi connectivity index (χ3v) is 6.62. The summed E-state index contributed by atoms with van der Waals surface area (Å²) in [5, 5.41) is 2.86. The van der Waals surface area contributed by atoms with Crippen LogP contribution in [0, 0.1) is 11.6 Å². The van der Waals surface area contributed by atoms with E-state index in [1.807, 2.05) is 0 Å². The minimum absolute atomic E-state index is 0.0649. The summed E-state index contributed by atoms with van der Waals surface area (Å²) in [6.07, 6.45) is 2.86. The molecule has 5 rings (SSSR count). The molecule has 0 aliphatic carbocycles. The lowest BCUT2D eigenvalue weighted by Gasteiger charge is -2.15. The number of hydrogen-bond donors (Lipinski definition) is 1. The monoisotopic (exact) mass is 472 g/mol. The average molecular weight is 472 g/mol. The molecular formula is C22H18F2N4O4S. The van der Waals surface area contributed by atoms with Crippen LogP contribution < -0.4 is 16.6 Å². The Morgan fingerprint density at radius 2 is 2.09 bits per heavy atom. The molecule has 11 heteroatoms. The summed E-state index contributed by atoms with van der Waals surface area (Å²) >= 11 is 1.13. The second kappa shape index (κ2) is 8.49. The van der Waals surface area contributed by atoms with Gasteiger partial charge >= 0.3 is 5.69 Å². The molecule has 1 aliphatic rings. The predicted molar refractivity (Wildman–Crippen MR) is 120 cm³/mol. The minimum Gasteiger partial charge on any atom is -0.376 e. The topological polar surface area (TPSA) is 95.2 Å². The number of pyridine rings is 1. The summed E-state index contributed by atoms with van der Waals surface area (Å²) in [6.45, 7) is 0.123. The standard InChI is InChI=1S/C22H18F2N4O4S/c23-12-5-6-15(24)16(9-12)26-17(29)11-27-18-14-4-1-7-25-20(14)33-19(18)21(30)28(22(27)31)10-13-3-2-8-32-13/h1,4-7,9,13H,2-3,8,10-11H2,(H,26,29)/t13-/m0/s1. The number of ether oxygens (including phenoxy) is 1. The lowest BCUT2D eigenvalue weighted by atomic mass is 10.2. The van der Waals surface area contributed by atoms with Crippen LogP contribution in [-0.2, 0) is 22.6 Å². The van der Waals surface area contributed by atoms with Gasteiger partial charge in [0.15, 0.2) is 0 Å². The highest BCUT2D eigenvalue weighted by molar-refractivity contribution is 7.25. The minimum atomic E-state index is -0.809. The van der Waals surface area contributed by atoms with Crippen LogP contribution in [0.2, 0.25) is 0 Å². The highest BCUT2D eigenvalue weighted by Crippen LogP contribution is 2.29. The molecule has 8 nitrogen and oxygen atoms in total. The zero-order valence-electron chi connectivity index (χ0n) is 17.2. The zero-order chi connectivity index (χ0) is 23.1. The first kappa shape index (κ1) is 21.4. The number of benzene rings is 1. The fourth-order valence-electron chi connectivity index (χ4n) is 4.01. The van der Waals surface area contributed by atoms with Crippen molar-refractivity contribution >= 4 is 43.4 Å². The van der Waals surface area contributed by atoms with Crippen molar-refractivity contribution in [3.8, 4) is 0 Å². The first-order valence-corrected chi connectivity index (χ1v) is 11.1. The van der Waals surface area contributed by atoms with Crippen LogP contribution in [0.25, 0.3) is 20.4 Å². The lowest BCUT2D eigenvalue weighted by Crippen LogP contribution is -2.43. The van der Waals surface area contributed by atoms with Gasteiger partial charge in [0.1, 0.15) is 27.7 Å². The third kappa shape index (κ3) is 3.93. The Morgan fingerprint density at radius 1 is 1.24 bits per heavy atom. The molecular weight excluding hydrogens is 454 g/mol. The number of fused-ring (bicyclic) bond motifs is 3. The number of anilines is 1. The van der Waals surface area contributed by atoms with Gasteiger partial charge in [-0.25, -0.2) is 18.6 Å². The van der Waals surface area contributed by atoms with Gasteiger partial charge in [0.05, 0.1) is 23.9 Å². The molecule has 4 aromatic rings. The molecule has 4 heterocycles. The van der Waals surface area contributed by atoms with Crippen molar-refractivity contribution < 1.29 is 18.3 Å². The fraction of sp³-hybridized carbons (Fsp3) is 0.273. The van der Waals surface area contributed by atoms with Crippen molar-refractivity contribution in [2.24, 2.45) is 0 Å². The number of hydrogen-bond acceptors (Lipinski definition) is 6. The maximum absolute atomic E-state index is 14.0. The van der Waals surface area contributed by atoms with Gasteiger partial charge in [-0.05, 0) is 37.1 Å². The molecule has 0 saturated carbocycles. The van der Waals surface area contributed by atoms with E-state index >= 15 is 0 Å². The van der Waals surface area contributed by atoms with E-state index in [1.165, 1.54) is 4.57 Å². The number of amides is 1. The summed E-state index contributed by atoms with van der Waals surface area (Å²) in [6, 6.07) is 6.07. The van der Waals surface area contributed by atoms with E-state index in [0.717, 1.165) is 46.9 Å². The maximum atomic E-state index is 14.0. The molecule has 3 aromatic heterocycles. The van der Waals surface area contributed by atoms with Gasteiger partial charge < -0.3 is 10.1 Å². The quantitative estimate of drug-likeness (QED) is 0.482. The van der Waals surface area contributed by atoms with E-state index in [9.17, 15) is 23.2 Å². The Kier molecular flexibility index (Phi) is 5.51. The van der Waals surface area contributed by atoms with Crippen LogP contribution in [0.4, 0.5) is 14.5 Å². The lowest BCUT2D eigenvalue weighted by molar-refractivity contribution is -0.116. The SMILES string of the molecule is O=C(Cn1c(=O)n(C[C@@H]2CCCO2)c(=O)c2sc3ncccc3c21)Nc1cc(F)ccc1F. The van der Waals surface area contributed by atoms with Gasteiger partial charge in [-0.3, -0.25) is 18.7 Å². The Bertz CT molecular complexity index is 1500. The second-order valence-corrected chi connectivity index (χ2v) is 8.73. The largest absolute Gasteiger partial charge is 0.376 e. The van der Waals surface area contributed by atoms with Crippen molar-refractivity contribution in [3.05, 3.63) is 69.0 Å². The number of halogens is 2. The van der Waals surface area contributed by atoms with E-state index in [1.54, 1.807) is 18.3 Å². The number of aromatic nitrogens is 3. The van der Waals surface area contributed by atoms with E-state index in [2.05, 4.69) is 10.3 Å². The molecule has 1 atom stereocenters. The smallest absolute Gasteiger partial charge is 0.332 e. The number of rotatable bonds is 5. The highest BCUT2D eigenvalue weighted by Gasteiger charge is 2.24. The van der Waals surface area contributed by atoms with Gasteiger partial charge in [0.2, 0.25) is 5.91 Å². The van der Waals surface area contributed by atoms with Crippen molar-refractivity contribution in [2.45, 2.75) is 32.0 Å². The van der Waals surface area contributed by atoms with Crippen molar-refractivity contribution in [1.82, 2.24) is 14.1 Å². The molecule has 0 unspecified atom stereocenters. The van der Waals surface area contributed by atoms with Crippen molar-refractivity contribution in [1.29, 1.82) is 0 Å². The van der Waals surface area contributed by atoms with E-state index in [0.29, 0.717) is 16.8 Å². The Labute approximate surface area is 189 Å². The van der Waals surface area contributed by atoms with Crippen LogP contribution in [0.15, 0.2) is 46.1 Å². The number of carbonyl (C=O) groups excluding carboxylic acids is 1. The van der Waals surface area contributed by atoms with E-state index in [-0.39, 0.29) is 28.6 Å². The second-order valence-electron chi connectivity index (χ2n) is 7.73. The van der Waals surface area contributed by atoms with Crippen LogP contribution in [0.1, 0.15) is 12.8 Å². The molecule has 1 aliphatic heterocycles. The van der Waals surface area contributed by atoms with Gasteiger partial charge in [-0.2, -0.15) is 0 Å². The predicted octanol–water partition coefficient (Wildman–Crippen LogP) is 2.87. The van der Waals surface area contributed by atoms with Gasteiger partial charge in [0.25, 0.3) is 5.56 Å². The van der Waals surface area contributed by atoms with Crippen molar-refractivity contribution in [2.75, 3.05) is 11.9 Å². The van der Waals surface area contributed by atoms with Crippen LogP contribution >= 0.6 is 11.3 Å². The van der Waals surface area contributed by atoms with Gasteiger partial charge in [-0.15, -0.1) is 11.3 Å². The first-order valence-electron chi connectivity index (χ1n) is 10.3. The molecule has 170 valence electrons. The third-order valence-electron chi connectivity index (χ3n) is 5.53. The summed E-state index contributed by atoms with van der Waals surface area (Å²) in [4.78, 5) is 44.2. The number of nitrogens with one attached hydrogen (secondary N) is 1. The fourth-order valence-corrected chi connectivity index (χ4v) is 5.11. The highest BCUT2D eigenvalue weighted by atomic mass is 32.1.